The van der Waals surface area contributed by atoms with Crippen molar-refractivity contribution in [1.82, 2.24) is 0 Å². The van der Waals surface area contributed by atoms with Crippen LogP contribution in [0.1, 0.15) is 0 Å². The summed E-state index contributed by atoms with van der Waals surface area (Å²) in [6.45, 7) is 0. The second-order valence-electron chi connectivity index (χ2n) is 5.30. The summed E-state index contributed by atoms with van der Waals surface area (Å²) < 4.78 is 9.89. The molecule has 0 radical (unpaired) electrons. The Balaban J connectivity index is 0.000000401. The Morgan fingerprint density at radius 3 is 1.12 bits per heavy atom. The molecule has 136 valence electrons. The Bertz CT molecular complexity index is 660. The van der Waals surface area contributed by atoms with Crippen molar-refractivity contribution in [2.45, 2.75) is 0 Å². The van der Waals surface area contributed by atoms with Gasteiger partial charge in [-0.1, -0.05) is 0 Å². The van der Waals surface area contributed by atoms with E-state index in [2.05, 4.69) is 9.95 Å². The average Bonchev–Trinajstić information content (AvgIpc) is 2.61. The fourth-order valence-corrected chi connectivity index (χ4v) is 1.63. The third-order valence-electron chi connectivity index (χ3n) is 2.96. The molecule has 0 N–H and O–H groups in total. The van der Waals surface area contributed by atoms with Crippen molar-refractivity contribution in [1.29, 1.82) is 10.8 Å². The van der Waals surface area contributed by atoms with E-state index >= 15 is 0 Å². The van der Waals surface area contributed by atoms with E-state index < -0.39 is 7.40 Å². The second kappa shape index (κ2) is 12.2. The van der Waals surface area contributed by atoms with Crippen molar-refractivity contribution in [3.8, 4) is 0 Å². The Kier molecular flexibility index (Phi) is 10.7. The number of hydrogen-bond acceptors (Lipinski definition) is 6. The molecule has 0 heterocycles. The standard InChI is InChI=1S/2C8H10N3.BFO2/c2*1-11(2)8-5-3-7(10-9)4-6-8;2-1(3)4/h2*3-6H,1-2H3;/q2*+1;-2. The van der Waals surface area contributed by atoms with Crippen molar-refractivity contribution in [2.24, 2.45) is 0 Å². The largest absolute Gasteiger partial charge is 0.867 e. The van der Waals surface area contributed by atoms with Crippen LogP contribution < -0.4 is 19.8 Å². The molecule has 8 nitrogen and oxygen atoms in total. The van der Waals surface area contributed by atoms with Gasteiger partial charge < -0.3 is 24.2 Å². The Morgan fingerprint density at radius 1 is 0.731 bits per heavy atom. The molecule has 0 atom stereocenters. The number of diazo groups is 2. The van der Waals surface area contributed by atoms with Crippen molar-refractivity contribution in [2.75, 3.05) is 38.0 Å². The first-order valence-electron chi connectivity index (χ1n) is 7.42. The molecular weight excluding hydrogens is 338 g/mol. The van der Waals surface area contributed by atoms with Crippen LogP contribution in [0.5, 0.6) is 0 Å². The lowest BCUT2D eigenvalue weighted by atomic mass is 10.3. The number of benzene rings is 2. The van der Waals surface area contributed by atoms with E-state index in [1.807, 2.05) is 62.3 Å². The summed E-state index contributed by atoms with van der Waals surface area (Å²) in [5, 5.41) is 33.4. The summed E-state index contributed by atoms with van der Waals surface area (Å²) in [5.74, 6) is 0. The minimum absolute atomic E-state index is 0.579. The summed E-state index contributed by atoms with van der Waals surface area (Å²) in [7, 11) is 4.69. The topological polar surface area (TPSA) is 109 Å². The van der Waals surface area contributed by atoms with Gasteiger partial charge in [0.1, 0.15) is 7.40 Å². The monoisotopic (exact) mass is 358 g/mol. The third-order valence-corrected chi connectivity index (χ3v) is 2.96. The molecule has 2 aromatic rings. The maximum absolute atomic E-state index is 9.89. The van der Waals surface area contributed by atoms with E-state index in [1.165, 1.54) is 0 Å². The van der Waals surface area contributed by atoms with Crippen LogP contribution in [0.4, 0.5) is 27.1 Å². The molecular formula is C16H20BFN6O2. The van der Waals surface area contributed by atoms with E-state index in [0.29, 0.717) is 11.4 Å². The van der Waals surface area contributed by atoms with E-state index in [1.54, 1.807) is 24.3 Å². The molecule has 0 saturated carbocycles. The van der Waals surface area contributed by atoms with Crippen LogP contribution in [0.3, 0.4) is 0 Å². The fraction of sp³-hybridized carbons (Fsp3) is 0.250. The Labute approximate surface area is 152 Å². The molecule has 0 bridgehead atoms. The van der Waals surface area contributed by atoms with Gasteiger partial charge in [-0.25, -0.2) is 0 Å². The number of nitrogens with zero attached hydrogens (tertiary/aromatic N) is 6. The van der Waals surface area contributed by atoms with E-state index in [-0.39, 0.29) is 0 Å². The van der Waals surface area contributed by atoms with Crippen molar-refractivity contribution >= 4 is 30.1 Å². The molecule has 0 amide bonds. The molecule has 0 aliphatic carbocycles. The van der Waals surface area contributed by atoms with Crippen LogP contribution in [-0.4, -0.2) is 35.6 Å². The van der Waals surface area contributed by atoms with E-state index in [0.717, 1.165) is 11.4 Å². The highest BCUT2D eigenvalue weighted by atomic mass is 19.1. The van der Waals surface area contributed by atoms with Crippen molar-refractivity contribution in [3.05, 3.63) is 58.5 Å². The fourth-order valence-electron chi connectivity index (χ4n) is 1.63. The van der Waals surface area contributed by atoms with Gasteiger partial charge in [0.25, 0.3) is 0 Å². The Morgan fingerprint density at radius 2 is 0.962 bits per heavy atom. The van der Waals surface area contributed by atoms with Gasteiger partial charge in [0.15, 0.2) is 9.95 Å². The van der Waals surface area contributed by atoms with Gasteiger partial charge in [0, 0.05) is 63.8 Å². The molecule has 0 fully saturated rings. The van der Waals surface area contributed by atoms with Gasteiger partial charge in [-0.05, 0) is 24.3 Å². The van der Waals surface area contributed by atoms with E-state index in [4.69, 9.17) is 20.8 Å². The molecule has 0 saturated heterocycles. The van der Waals surface area contributed by atoms with E-state index in [9.17, 15) is 4.32 Å². The molecule has 2 rings (SSSR count). The van der Waals surface area contributed by atoms with Crippen LogP contribution in [-0.2, 0) is 0 Å². The zero-order valence-corrected chi connectivity index (χ0v) is 15.1. The van der Waals surface area contributed by atoms with Crippen molar-refractivity contribution < 1.29 is 14.4 Å². The van der Waals surface area contributed by atoms with Gasteiger partial charge in [0.2, 0.25) is 10.8 Å². The molecule has 0 unspecified atom stereocenters. The van der Waals surface area contributed by atoms with Gasteiger partial charge in [-0.15, -0.1) is 0 Å². The average molecular weight is 358 g/mol. The zero-order chi connectivity index (χ0) is 20.1. The predicted octanol–water partition coefficient (Wildman–Crippen LogP) is 2.14. The minimum Gasteiger partial charge on any atom is -0.867 e. The van der Waals surface area contributed by atoms with Gasteiger partial charge in [0.05, 0.1) is 0 Å². The highest BCUT2D eigenvalue weighted by Crippen LogP contribution is 2.18. The lowest BCUT2D eigenvalue weighted by molar-refractivity contribution is -0.366. The third kappa shape index (κ3) is 9.83. The normalized spacial score (nSPS) is 8.50. The summed E-state index contributed by atoms with van der Waals surface area (Å²) in [6.07, 6.45) is 0. The summed E-state index contributed by atoms with van der Waals surface area (Å²) in [6, 6.07) is 14.6. The number of anilines is 2. The lowest BCUT2D eigenvalue weighted by Crippen LogP contribution is -2.39. The highest BCUT2D eigenvalue weighted by Gasteiger charge is 2.03. The first-order chi connectivity index (χ1) is 12.2. The van der Waals surface area contributed by atoms with Crippen LogP contribution in [0.15, 0.2) is 48.5 Å². The molecule has 26 heavy (non-hydrogen) atoms. The van der Waals surface area contributed by atoms with Crippen LogP contribution >= 0.6 is 0 Å². The second-order valence-corrected chi connectivity index (χ2v) is 5.30. The number of hydrogen-bond donors (Lipinski definition) is 0. The molecule has 2 aromatic carbocycles. The first kappa shape index (κ1) is 22.8. The Hall–Kier alpha value is -3.21. The lowest BCUT2D eigenvalue weighted by Gasteiger charge is -2.09. The maximum atomic E-state index is 9.89. The summed E-state index contributed by atoms with van der Waals surface area (Å²) in [4.78, 5) is 10.1. The number of rotatable bonds is 2. The van der Waals surface area contributed by atoms with Crippen LogP contribution in [0, 0.1) is 10.8 Å². The van der Waals surface area contributed by atoms with Crippen LogP contribution in [0.2, 0.25) is 0 Å². The molecule has 10 heteroatoms. The quantitative estimate of drug-likeness (QED) is 0.601. The zero-order valence-electron chi connectivity index (χ0n) is 15.1. The molecule has 0 aliphatic heterocycles. The van der Waals surface area contributed by atoms with Gasteiger partial charge in [-0.2, -0.15) is 0 Å². The van der Waals surface area contributed by atoms with Crippen LogP contribution in [0.25, 0.3) is 9.95 Å². The molecule has 0 aliphatic rings. The predicted molar refractivity (Wildman–Crippen MR) is 97.9 cm³/mol. The highest BCUT2D eigenvalue weighted by molar-refractivity contribution is 6.27. The SMILES string of the molecule is CN(C)c1ccc([N+]#N)cc1.CN(C)c1ccc([N+]#N)cc1.[O-]B([O-])F. The molecule has 0 aromatic heterocycles. The summed E-state index contributed by atoms with van der Waals surface area (Å²) >= 11 is 0. The number of halogens is 1. The minimum atomic E-state index is -3.17. The van der Waals surface area contributed by atoms with Gasteiger partial charge >= 0.3 is 11.4 Å². The summed E-state index contributed by atoms with van der Waals surface area (Å²) in [5.41, 5.74) is 3.35. The first-order valence-corrected chi connectivity index (χ1v) is 7.42. The van der Waals surface area contributed by atoms with Gasteiger partial charge in [-0.3, -0.25) is 0 Å². The van der Waals surface area contributed by atoms with Crippen molar-refractivity contribution in [3.63, 3.8) is 0 Å². The smallest absolute Gasteiger partial charge is 0.385 e. The molecule has 0 spiro atoms. The maximum Gasteiger partial charge on any atom is 0.385 e.